The third kappa shape index (κ3) is 5.44. The second-order valence-corrected chi connectivity index (χ2v) is 9.57. The van der Waals surface area contributed by atoms with E-state index in [2.05, 4.69) is 10.2 Å². The van der Waals surface area contributed by atoms with Gasteiger partial charge in [0.25, 0.3) is 15.8 Å². The van der Waals surface area contributed by atoms with E-state index < -0.39 is 40.4 Å². The van der Waals surface area contributed by atoms with Gasteiger partial charge in [-0.05, 0) is 36.4 Å². The number of hydrogen-bond donors (Lipinski definition) is 2. The topological polar surface area (TPSA) is 177 Å². The molecule has 0 atom stereocenters. The first-order valence-electron chi connectivity index (χ1n) is 8.01. The van der Waals surface area contributed by atoms with E-state index in [0.29, 0.717) is 0 Å². The van der Waals surface area contributed by atoms with Crippen molar-refractivity contribution < 1.29 is 31.4 Å². The number of aromatic hydroxyl groups is 1. The Kier molecular flexibility index (Phi) is 7.20. The summed E-state index contributed by atoms with van der Waals surface area (Å²) in [5.74, 6) is -0.182. The molecule has 0 unspecified atom stereocenters. The fourth-order valence-electron chi connectivity index (χ4n) is 2.65. The zero-order valence-electron chi connectivity index (χ0n) is 15.1. The average Bonchev–Trinajstić information content (AvgIpc) is 2.65. The predicted octanol–water partition coefficient (Wildman–Crippen LogP) is 2.87. The molecule has 3 aromatic carbocycles. The summed E-state index contributed by atoms with van der Waals surface area (Å²) < 4.78 is 56.1. The van der Waals surface area contributed by atoms with Gasteiger partial charge in [0.05, 0.1) is 15.5 Å². The molecule has 3 aromatic rings. The number of phenolic OH excluding ortho intramolecular Hbond substituents is 1. The van der Waals surface area contributed by atoms with Crippen LogP contribution in [0, 0.1) is 10.1 Å². The fraction of sp³-hybridized carbons (Fsp3) is 0.0588. The first-order valence-corrected chi connectivity index (χ1v) is 11.3. The predicted molar refractivity (Wildman–Crippen MR) is 113 cm³/mol. The van der Waals surface area contributed by atoms with Crippen molar-refractivity contribution in [2.75, 3.05) is 6.26 Å². The SMILES string of the molecule is CS(=O)(=O)c1cc([N+](=O)[O-])ccc1N=Nc1ccc(O)c2ccc(S(=O)(=O)O)cc12.[NaH]. The molecule has 0 aliphatic heterocycles. The van der Waals surface area contributed by atoms with Crippen molar-refractivity contribution in [2.45, 2.75) is 9.79 Å². The summed E-state index contributed by atoms with van der Waals surface area (Å²) in [4.78, 5) is 9.32. The second kappa shape index (κ2) is 8.98. The number of benzene rings is 3. The Morgan fingerprint density at radius 3 is 2.10 bits per heavy atom. The third-order valence-corrected chi connectivity index (χ3v) is 6.03. The van der Waals surface area contributed by atoms with Crippen molar-refractivity contribution in [3.8, 4) is 5.75 Å². The van der Waals surface area contributed by atoms with Crippen LogP contribution >= 0.6 is 0 Å². The third-order valence-electron chi connectivity index (χ3n) is 4.06. The molecule has 0 radical (unpaired) electrons. The van der Waals surface area contributed by atoms with Crippen LogP contribution in [0.4, 0.5) is 17.1 Å². The average molecular weight is 475 g/mol. The summed E-state index contributed by atoms with van der Waals surface area (Å²) in [6.07, 6.45) is 0.861. The van der Waals surface area contributed by atoms with Crippen LogP contribution in [0.25, 0.3) is 10.8 Å². The van der Waals surface area contributed by atoms with Gasteiger partial charge in [0.15, 0.2) is 9.84 Å². The molecule has 31 heavy (non-hydrogen) atoms. The summed E-state index contributed by atoms with van der Waals surface area (Å²) in [6.45, 7) is 0. The number of azo groups is 1. The van der Waals surface area contributed by atoms with Crippen molar-refractivity contribution in [1.82, 2.24) is 0 Å². The number of rotatable bonds is 5. The van der Waals surface area contributed by atoms with E-state index in [1.54, 1.807) is 0 Å². The molecule has 0 bridgehead atoms. The molecule has 11 nitrogen and oxygen atoms in total. The molecule has 0 aliphatic carbocycles. The summed E-state index contributed by atoms with van der Waals surface area (Å²) in [7, 11) is -8.41. The number of nitro benzene ring substituents is 1. The molecule has 0 aliphatic rings. The fourth-order valence-corrected chi connectivity index (χ4v) is 3.98. The maximum atomic E-state index is 12.0. The van der Waals surface area contributed by atoms with Gasteiger partial charge in [0.1, 0.15) is 16.3 Å². The second-order valence-electron chi connectivity index (χ2n) is 6.17. The molecule has 0 spiro atoms. The first-order chi connectivity index (χ1) is 13.9. The van der Waals surface area contributed by atoms with Crippen LogP contribution in [0.3, 0.4) is 0 Å². The minimum absolute atomic E-state index is 0. The molecular weight excluding hydrogens is 461 g/mol. The zero-order valence-corrected chi connectivity index (χ0v) is 16.8. The first kappa shape index (κ1) is 24.8. The number of sulfone groups is 1. The number of hydrogen-bond acceptors (Lipinski definition) is 9. The van der Waals surface area contributed by atoms with E-state index in [0.717, 1.165) is 36.6 Å². The van der Waals surface area contributed by atoms with Gasteiger partial charge < -0.3 is 5.11 Å². The van der Waals surface area contributed by atoms with Crippen LogP contribution in [0.5, 0.6) is 5.75 Å². The van der Waals surface area contributed by atoms with Crippen LogP contribution < -0.4 is 0 Å². The Morgan fingerprint density at radius 2 is 1.52 bits per heavy atom. The standard InChI is InChI=1S/C17H13N3O8S2.Na.H/c1-29(24,25)17-8-10(20(22)23)2-5-15(17)19-18-14-6-7-16(21)12-4-3-11(9-13(12)14)30(26,27)28;;/h2-9,21H,1H3,(H,26,27,28);;. The summed E-state index contributed by atoms with van der Waals surface area (Å²) in [6, 6.07) is 9.05. The van der Waals surface area contributed by atoms with E-state index >= 15 is 0 Å². The minimum atomic E-state index is -4.53. The molecule has 14 heteroatoms. The molecule has 0 fully saturated rings. The van der Waals surface area contributed by atoms with Gasteiger partial charge in [-0.2, -0.15) is 8.42 Å². The monoisotopic (exact) mass is 475 g/mol. The summed E-state index contributed by atoms with van der Waals surface area (Å²) >= 11 is 0. The van der Waals surface area contributed by atoms with Crippen LogP contribution in [-0.4, -0.2) is 67.2 Å². The van der Waals surface area contributed by atoms with Crippen LogP contribution in [0.2, 0.25) is 0 Å². The van der Waals surface area contributed by atoms with Crippen molar-refractivity contribution >= 4 is 77.3 Å². The Labute approximate surface area is 198 Å². The van der Waals surface area contributed by atoms with Crippen LogP contribution in [0.15, 0.2) is 68.6 Å². The van der Waals surface area contributed by atoms with Crippen molar-refractivity contribution in [3.63, 3.8) is 0 Å². The molecule has 0 heterocycles. The quantitative estimate of drug-likeness (QED) is 0.186. The van der Waals surface area contributed by atoms with E-state index in [-0.39, 0.29) is 57.5 Å². The van der Waals surface area contributed by atoms with Gasteiger partial charge >= 0.3 is 29.6 Å². The molecule has 0 saturated carbocycles. The van der Waals surface area contributed by atoms with Gasteiger partial charge in [0, 0.05) is 29.2 Å². The molecule has 0 saturated heterocycles. The maximum absolute atomic E-state index is 12.0. The molecule has 158 valence electrons. The summed E-state index contributed by atoms with van der Waals surface area (Å²) in [5, 5.41) is 29.0. The number of non-ortho nitro benzene ring substituents is 1. The number of fused-ring (bicyclic) bond motifs is 1. The Bertz CT molecular complexity index is 1440. The van der Waals surface area contributed by atoms with Crippen molar-refractivity contribution in [2.24, 2.45) is 10.2 Å². The number of phenols is 1. The zero-order chi connectivity index (χ0) is 22.3. The van der Waals surface area contributed by atoms with E-state index in [1.165, 1.54) is 18.2 Å². The van der Waals surface area contributed by atoms with Crippen LogP contribution in [-0.2, 0) is 20.0 Å². The molecule has 3 rings (SSSR count). The summed E-state index contributed by atoms with van der Waals surface area (Å²) in [5.41, 5.74) is -0.552. The molecule has 0 aromatic heterocycles. The van der Waals surface area contributed by atoms with Gasteiger partial charge in [-0.1, -0.05) is 0 Å². The van der Waals surface area contributed by atoms with E-state index in [9.17, 15) is 36.6 Å². The van der Waals surface area contributed by atoms with Gasteiger partial charge in [-0.25, -0.2) is 8.42 Å². The Hall–Kier alpha value is -2.42. The Balaban J connectivity index is 0.00000341. The normalized spacial score (nSPS) is 12.1. The van der Waals surface area contributed by atoms with Crippen molar-refractivity contribution in [3.05, 3.63) is 58.6 Å². The Morgan fingerprint density at radius 1 is 0.903 bits per heavy atom. The van der Waals surface area contributed by atoms with Crippen molar-refractivity contribution in [1.29, 1.82) is 0 Å². The molecular formula is C17H14N3NaO8S2. The van der Waals surface area contributed by atoms with E-state index in [4.69, 9.17) is 0 Å². The van der Waals surface area contributed by atoms with E-state index in [1.807, 2.05) is 0 Å². The van der Waals surface area contributed by atoms with Gasteiger partial charge in [-0.3, -0.25) is 14.7 Å². The molecule has 2 N–H and O–H groups in total. The number of nitro groups is 1. The van der Waals surface area contributed by atoms with Gasteiger partial charge in [0.2, 0.25) is 0 Å². The van der Waals surface area contributed by atoms with Gasteiger partial charge in [-0.15, -0.1) is 10.2 Å². The number of nitrogens with zero attached hydrogens (tertiary/aromatic N) is 3. The van der Waals surface area contributed by atoms with Crippen LogP contribution in [0.1, 0.15) is 0 Å². The molecule has 0 amide bonds.